The lowest BCUT2D eigenvalue weighted by Gasteiger charge is -2.28. The molecule has 4 N–H and O–H groups in total. The van der Waals surface area contributed by atoms with Gasteiger partial charge in [0.2, 0.25) is 0 Å². The van der Waals surface area contributed by atoms with Crippen LogP contribution in [0, 0.1) is 5.92 Å². The van der Waals surface area contributed by atoms with E-state index in [0.29, 0.717) is 17.0 Å². The Labute approximate surface area is 180 Å². The van der Waals surface area contributed by atoms with Crippen LogP contribution in [0.5, 0.6) is 0 Å². The van der Waals surface area contributed by atoms with Crippen molar-refractivity contribution in [3.05, 3.63) is 24.5 Å². The standard InChI is InChI=1S/C21H36N6OS/c1-23-21(29)27(28-17-18-9-5-4-6-10-18)16-8-3-2-7-13-25-20(22)26-19-11-14-24-15-12-19/h11-12,14-15,18H,2-10,13,16-17H2,1H3,(H,23,29)(H3,22,24,25,26). The number of thiocarbonyl (C=S) groups is 1. The molecular weight excluding hydrogens is 384 g/mol. The summed E-state index contributed by atoms with van der Waals surface area (Å²) in [4.78, 5) is 14.4. The lowest BCUT2D eigenvalue weighted by Crippen LogP contribution is -2.39. The number of rotatable bonds is 11. The third kappa shape index (κ3) is 9.89. The Balaban J connectivity index is 1.57. The highest BCUT2D eigenvalue weighted by atomic mass is 32.1. The van der Waals surface area contributed by atoms with Gasteiger partial charge in [-0.1, -0.05) is 32.1 Å². The number of nitrogens with two attached hydrogens (primary N) is 1. The van der Waals surface area contributed by atoms with Crippen LogP contribution in [0.4, 0.5) is 5.69 Å². The van der Waals surface area contributed by atoms with Crippen molar-refractivity contribution in [1.82, 2.24) is 15.4 Å². The van der Waals surface area contributed by atoms with E-state index in [1.165, 1.54) is 32.1 Å². The van der Waals surface area contributed by atoms with E-state index in [9.17, 15) is 0 Å². The van der Waals surface area contributed by atoms with Gasteiger partial charge in [0.25, 0.3) is 0 Å². The van der Waals surface area contributed by atoms with Gasteiger partial charge in [-0.15, -0.1) is 0 Å². The minimum atomic E-state index is 0.442. The van der Waals surface area contributed by atoms with Gasteiger partial charge in [-0.2, -0.15) is 0 Å². The maximum absolute atomic E-state index is 6.03. The number of hydroxylamine groups is 2. The van der Waals surface area contributed by atoms with E-state index in [1.54, 1.807) is 12.4 Å². The van der Waals surface area contributed by atoms with Crippen molar-refractivity contribution in [3.63, 3.8) is 0 Å². The second kappa shape index (κ2) is 14.1. The van der Waals surface area contributed by atoms with Crippen LogP contribution in [0.2, 0.25) is 0 Å². The Morgan fingerprint density at radius 2 is 1.93 bits per heavy atom. The average Bonchev–Trinajstić information content (AvgIpc) is 2.76. The molecular formula is C21H36N6OS. The number of unbranched alkanes of at least 4 members (excludes halogenated alkanes) is 3. The maximum Gasteiger partial charge on any atom is 0.193 e. The van der Waals surface area contributed by atoms with Crippen LogP contribution in [-0.2, 0) is 4.84 Å². The van der Waals surface area contributed by atoms with E-state index in [-0.39, 0.29) is 0 Å². The molecule has 1 fully saturated rings. The van der Waals surface area contributed by atoms with E-state index in [0.717, 1.165) is 51.1 Å². The first-order chi connectivity index (χ1) is 14.2. The summed E-state index contributed by atoms with van der Waals surface area (Å²) in [6.07, 6.45) is 14.3. The van der Waals surface area contributed by atoms with Crippen molar-refractivity contribution >= 4 is 29.0 Å². The molecule has 0 radical (unpaired) electrons. The fraction of sp³-hybridized carbons (Fsp3) is 0.667. The zero-order valence-corrected chi connectivity index (χ0v) is 18.4. The highest BCUT2D eigenvalue weighted by molar-refractivity contribution is 7.80. The highest BCUT2D eigenvalue weighted by Gasteiger charge is 2.16. The number of aromatic nitrogens is 1. The van der Waals surface area contributed by atoms with Gasteiger partial charge >= 0.3 is 0 Å². The van der Waals surface area contributed by atoms with Crippen LogP contribution in [0.25, 0.3) is 0 Å². The van der Waals surface area contributed by atoms with Gasteiger partial charge in [-0.05, 0) is 56.0 Å². The zero-order chi connectivity index (χ0) is 20.7. The largest absolute Gasteiger partial charge is 0.370 e. The lowest BCUT2D eigenvalue weighted by molar-refractivity contribution is -0.117. The van der Waals surface area contributed by atoms with Gasteiger partial charge in [0.1, 0.15) is 0 Å². The Morgan fingerprint density at radius 3 is 2.66 bits per heavy atom. The molecule has 0 bridgehead atoms. The van der Waals surface area contributed by atoms with Crippen LogP contribution < -0.4 is 16.4 Å². The van der Waals surface area contributed by atoms with E-state index in [2.05, 4.69) is 20.6 Å². The zero-order valence-electron chi connectivity index (χ0n) is 17.6. The number of aliphatic imine (C=N–C) groups is 1. The minimum absolute atomic E-state index is 0.442. The normalized spacial score (nSPS) is 15.1. The smallest absolute Gasteiger partial charge is 0.193 e. The van der Waals surface area contributed by atoms with Crippen molar-refractivity contribution in [3.8, 4) is 0 Å². The van der Waals surface area contributed by atoms with Gasteiger partial charge in [0.15, 0.2) is 11.1 Å². The molecule has 1 saturated carbocycles. The molecule has 0 saturated heterocycles. The average molecular weight is 421 g/mol. The molecule has 2 rings (SSSR count). The molecule has 0 unspecified atom stereocenters. The summed E-state index contributed by atoms with van der Waals surface area (Å²) in [5, 5.41) is 8.63. The molecule has 162 valence electrons. The number of pyridine rings is 1. The Morgan fingerprint density at radius 1 is 1.21 bits per heavy atom. The summed E-state index contributed by atoms with van der Waals surface area (Å²) < 4.78 is 0. The summed E-state index contributed by atoms with van der Waals surface area (Å²) >= 11 is 5.39. The SMILES string of the molecule is CNC(=S)N(CCCCCCN=C(N)Nc1ccncc1)OCC1CCCCC1. The summed E-state index contributed by atoms with van der Waals surface area (Å²) in [6, 6.07) is 3.72. The molecule has 0 aliphatic heterocycles. The molecule has 29 heavy (non-hydrogen) atoms. The fourth-order valence-electron chi connectivity index (χ4n) is 3.44. The summed E-state index contributed by atoms with van der Waals surface area (Å²) in [7, 11) is 1.85. The minimum Gasteiger partial charge on any atom is -0.370 e. The third-order valence-electron chi connectivity index (χ3n) is 5.14. The van der Waals surface area contributed by atoms with Gasteiger partial charge in [-0.25, -0.2) is 5.06 Å². The Hall–Kier alpha value is -1.93. The molecule has 8 heteroatoms. The van der Waals surface area contributed by atoms with Crippen molar-refractivity contribution < 1.29 is 4.84 Å². The molecule has 0 spiro atoms. The predicted molar refractivity (Wildman–Crippen MR) is 124 cm³/mol. The molecule has 1 heterocycles. The first-order valence-electron chi connectivity index (χ1n) is 10.8. The van der Waals surface area contributed by atoms with Gasteiger partial charge in [0, 0.05) is 38.2 Å². The molecule has 0 atom stereocenters. The third-order valence-corrected chi connectivity index (χ3v) is 5.54. The number of hydrogen-bond donors (Lipinski definition) is 3. The van der Waals surface area contributed by atoms with Crippen LogP contribution >= 0.6 is 12.2 Å². The fourth-order valence-corrected chi connectivity index (χ4v) is 3.59. The number of nitrogens with one attached hydrogen (secondary N) is 2. The monoisotopic (exact) mass is 420 g/mol. The highest BCUT2D eigenvalue weighted by Crippen LogP contribution is 2.24. The number of hydrogen-bond acceptors (Lipinski definition) is 4. The topological polar surface area (TPSA) is 87.8 Å². The van der Waals surface area contributed by atoms with Crippen molar-refractivity contribution in [2.45, 2.75) is 57.8 Å². The lowest BCUT2D eigenvalue weighted by atomic mass is 9.90. The van der Waals surface area contributed by atoms with Gasteiger partial charge in [0.05, 0.1) is 6.61 Å². The number of nitrogens with zero attached hydrogens (tertiary/aromatic N) is 3. The van der Waals surface area contributed by atoms with E-state index < -0.39 is 0 Å². The van der Waals surface area contributed by atoms with Crippen molar-refractivity contribution in [2.24, 2.45) is 16.6 Å². The second-order valence-electron chi connectivity index (χ2n) is 7.50. The second-order valence-corrected chi connectivity index (χ2v) is 7.89. The van der Waals surface area contributed by atoms with Crippen LogP contribution in [0.15, 0.2) is 29.5 Å². The molecule has 1 aliphatic rings. The number of guanidine groups is 1. The molecule has 1 aromatic rings. The Bertz CT molecular complexity index is 606. The van der Waals surface area contributed by atoms with Gasteiger partial charge < -0.3 is 16.4 Å². The number of anilines is 1. The summed E-state index contributed by atoms with van der Waals surface area (Å²) in [5.41, 5.74) is 6.80. The molecule has 1 aromatic heterocycles. The predicted octanol–water partition coefficient (Wildman–Crippen LogP) is 3.69. The summed E-state index contributed by atoms with van der Waals surface area (Å²) in [6.45, 7) is 2.32. The molecule has 0 amide bonds. The van der Waals surface area contributed by atoms with E-state index in [1.807, 2.05) is 24.2 Å². The molecule has 1 aliphatic carbocycles. The molecule has 7 nitrogen and oxygen atoms in total. The molecule has 0 aromatic carbocycles. The first-order valence-corrected chi connectivity index (χ1v) is 11.2. The van der Waals surface area contributed by atoms with Gasteiger partial charge in [-0.3, -0.25) is 14.8 Å². The van der Waals surface area contributed by atoms with E-state index >= 15 is 0 Å². The first kappa shape index (κ1) is 23.3. The van der Waals surface area contributed by atoms with Crippen molar-refractivity contribution in [2.75, 3.05) is 32.1 Å². The van der Waals surface area contributed by atoms with Crippen LogP contribution in [0.3, 0.4) is 0 Å². The Kier molecular flexibility index (Phi) is 11.4. The summed E-state index contributed by atoms with van der Waals surface area (Å²) in [5.74, 6) is 1.12. The van der Waals surface area contributed by atoms with E-state index in [4.69, 9.17) is 22.8 Å². The maximum atomic E-state index is 6.03. The quantitative estimate of drug-likeness (QED) is 0.165. The van der Waals surface area contributed by atoms with Crippen molar-refractivity contribution in [1.29, 1.82) is 0 Å². The van der Waals surface area contributed by atoms with Crippen LogP contribution in [0.1, 0.15) is 57.8 Å². The van der Waals surface area contributed by atoms with Crippen LogP contribution in [-0.4, -0.2) is 47.9 Å².